The van der Waals surface area contributed by atoms with Gasteiger partial charge >= 0.3 is 5.97 Å². The summed E-state index contributed by atoms with van der Waals surface area (Å²) in [7, 11) is 0. The Labute approximate surface area is 133 Å². The van der Waals surface area contributed by atoms with Gasteiger partial charge in [0.1, 0.15) is 0 Å². The summed E-state index contributed by atoms with van der Waals surface area (Å²) in [5.41, 5.74) is 0.357. The van der Waals surface area contributed by atoms with Gasteiger partial charge in [-0.3, -0.25) is 14.7 Å². The van der Waals surface area contributed by atoms with E-state index in [2.05, 4.69) is 10.2 Å². The number of aliphatic hydroxyl groups is 1. The molecule has 1 aliphatic rings. The van der Waals surface area contributed by atoms with Crippen LogP contribution in [0.3, 0.4) is 0 Å². The van der Waals surface area contributed by atoms with Crippen LogP contribution in [0.1, 0.15) is 36.6 Å². The molecule has 1 aromatic heterocycles. The van der Waals surface area contributed by atoms with Crippen LogP contribution in [0.4, 0.5) is 0 Å². The first-order valence-electron chi connectivity index (χ1n) is 7.69. The quantitative estimate of drug-likeness (QED) is 0.744. The number of carbonyl (C=O) groups excluding carboxylic acids is 1. The van der Waals surface area contributed by atoms with Gasteiger partial charge in [0.15, 0.2) is 0 Å². The highest BCUT2D eigenvalue weighted by molar-refractivity contribution is 5.77. The molecule has 122 valence electrons. The maximum atomic E-state index is 12.5. The zero-order valence-corrected chi connectivity index (χ0v) is 13.1. The lowest BCUT2D eigenvalue weighted by atomic mass is 9.66. The molecule has 6 heteroatoms. The van der Waals surface area contributed by atoms with Crippen LogP contribution in [0.15, 0.2) is 35.1 Å². The third kappa shape index (κ3) is 2.59. The Morgan fingerprint density at radius 1 is 1.35 bits per heavy atom. The van der Waals surface area contributed by atoms with E-state index in [1.807, 2.05) is 30.3 Å². The maximum absolute atomic E-state index is 12.5. The van der Waals surface area contributed by atoms with Crippen molar-refractivity contribution in [2.24, 2.45) is 5.92 Å². The number of aromatic nitrogens is 2. The van der Waals surface area contributed by atoms with Crippen molar-refractivity contribution < 1.29 is 14.6 Å². The molecule has 1 aliphatic carbocycles. The summed E-state index contributed by atoms with van der Waals surface area (Å²) in [5.74, 6) is -1.88. The Morgan fingerprint density at radius 3 is 2.70 bits per heavy atom. The van der Waals surface area contributed by atoms with Gasteiger partial charge in [0.05, 0.1) is 18.1 Å². The molecule has 23 heavy (non-hydrogen) atoms. The number of esters is 1. The second-order valence-electron chi connectivity index (χ2n) is 6.12. The number of rotatable bonds is 3. The van der Waals surface area contributed by atoms with Crippen molar-refractivity contribution in [2.45, 2.75) is 31.8 Å². The predicted octanol–water partition coefficient (Wildman–Crippen LogP) is 1.32. The number of carbonyl (C=O) groups is 1. The number of benzene rings is 1. The van der Waals surface area contributed by atoms with E-state index in [-0.39, 0.29) is 18.6 Å². The van der Waals surface area contributed by atoms with Gasteiger partial charge in [-0.05, 0) is 19.4 Å². The Morgan fingerprint density at radius 2 is 2.04 bits per heavy atom. The van der Waals surface area contributed by atoms with E-state index in [0.29, 0.717) is 11.3 Å². The molecule has 6 nitrogen and oxygen atoms in total. The molecule has 0 aliphatic heterocycles. The molecular formula is C17H20N2O4. The number of hydrogen-bond donors (Lipinski definition) is 3. The average molecular weight is 316 g/mol. The first-order valence-corrected chi connectivity index (χ1v) is 7.69. The minimum absolute atomic E-state index is 0.188. The summed E-state index contributed by atoms with van der Waals surface area (Å²) in [4.78, 5) is 24.8. The number of aromatic amines is 2. The lowest BCUT2D eigenvalue weighted by molar-refractivity contribution is -0.159. The molecule has 3 rings (SSSR count). The summed E-state index contributed by atoms with van der Waals surface area (Å²) >= 11 is 0. The van der Waals surface area contributed by atoms with Crippen LogP contribution in [-0.2, 0) is 16.0 Å². The Kier molecular flexibility index (Phi) is 3.85. The zero-order chi connectivity index (χ0) is 16.6. The van der Waals surface area contributed by atoms with Crippen molar-refractivity contribution in [1.82, 2.24) is 10.2 Å². The molecule has 0 amide bonds. The van der Waals surface area contributed by atoms with Crippen LogP contribution < -0.4 is 5.56 Å². The number of fused-ring (bicyclic) bond motifs is 1. The number of hydrogen-bond acceptors (Lipinski definition) is 4. The summed E-state index contributed by atoms with van der Waals surface area (Å²) in [6, 6.07) is 9.28. The fraction of sp³-hybridized carbons (Fsp3) is 0.412. The molecule has 0 fully saturated rings. The largest absolute Gasteiger partial charge is 0.466 e. The molecule has 2 aromatic rings. The van der Waals surface area contributed by atoms with Crippen LogP contribution in [-0.4, -0.2) is 33.5 Å². The summed E-state index contributed by atoms with van der Waals surface area (Å²) in [6.45, 7) is 3.56. The summed E-state index contributed by atoms with van der Waals surface area (Å²) in [6.07, 6.45) is 0.188. The monoisotopic (exact) mass is 316 g/mol. The average Bonchev–Trinajstić information content (AvgIpc) is 2.86. The highest BCUT2D eigenvalue weighted by Crippen LogP contribution is 2.44. The topological polar surface area (TPSA) is 95.2 Å². The van der Waals surface area contributed by atoms with Gasteiger partial charge in [-0.25, -0.2) is 0 Å². The Bertz CT molecular complexity index is 760. The minimum Gasteiger partial charge on any atom is -0.466 e. The number of nitrogens with one attached hydrogen (secondary N) is 2. The maximum Gasteiger partial charge on any atom is 0.312 e. The van der Waals surface area contributed by atoms with Crippen molar-refractivity contribution in [2.75, 3.05) is 6.61 Å². The predicted molar refractivity (Wildman–Crippen MR) is 84.1 cm³/mol. The molecule has 0 bridgehead atoms. The first-order chi connectivity index (χ1) is 11.0. The molecule has 0 saturated heterocycles. The van der Waals surface area contributed by atoms with Gasteiger partial charge < -0.3 is 14.9 Å². The fourth-order valence-electron chi connectivity index (χ4n) is 3.51. The van der Waals surface area contributed by atoms with Crippen LogP contribution in [0.5, 0.6) is 0 Å². The van der Waals surface area contributed by atoms with E-state index in [0.717, 1.165) is 5.56 Å². The van der Waals surface area contributed by atoms with E-state index < -0.39 is 23.4 Å². The molecular weight excluding hydrogens is 296 g/mol. The zero-order valence-electron chi connectivity index (χ0n) is 13.1. The van der Waals surface area contributed by atoms with Crippen LogP contribution in [0.2, 0.25) is 0 Å². The van der Waals surface area contributed by atoms with Crippen molar-refractivity contribution in [3.8, 4) is 0 Å². The number of H-pyrrole nitrogens is 2. The smallest absolute Gasteiger partial charge is 0.312 e. The van der Waals surface area contributed by atoms with E-state index in [1.165, 1.54) is 0 Å². The van der Waals surface area contributed by atoms with Gasteiger partial charge in [-0.2, -0.15) is 0 Å². The Hall–Kier alpha value is -2.34. The lowest BCUT2D eigenvalue weighted by Gasteiger charge is -2.40. The van der Waals surface area contributed by atoms with E-state index in [4.69, 9.17) is 4.74 Å². The molecule has 1 heterocycles. The second kappa shape index (κ2) is 5.70. The molecule has 0 spiro atoms. The van der Waals surface area contributed by atoms with Gasteiger partial charge in [0.2, 0.25) is 0 Å². The molecule has 0 unspecified atom stereocenters. The standard InChI is InChI=1S/C17H20N2O4/c1-3-23-16(21)14-12(10-7-5-4-6-8-10)13-11(9-17(14,2)22)18-19-15(13)20/h4-8,12,14,22H,3,9H2,1-2H3,(H2,18,19,20)/t12-,14-,17+/m0/s1. The van der Waals surface area contributed by atoms with Crippen molar-refractivity contribution in [1.29, 1.82) is 0 Å². The first kappa shape index (κ1) is 15.6. The van der Waals surface area contributed by atoms with Gasteiger partial charge in [0.25, 0.3) is 5.56 Å². The highest BCUT2D eigenvalue weighted by atomic mass is 16.5. The van der Waals surface area contributed by atoms with E-state index in [9.17, 15) is 14.7 Å². The van der Waals surface area contributed by atoms with Crippen LogP contribution in [0, 0.1) is 5.92 Å². The summed E-state index contributed by atoms with van der Waals surface area (Å²) in [5, 5.41) is 16.3. The van der Waals surface area contributed by atoms with Gasteiger partial charge in [-0.15, -0.1) is 0 Å². The third-order valence-electron chi connectivity index (χ3n) is 4.44. The normalized spacial score (nSPS) is 26.6. The second-order valence-corrected chi connectivity index (χ2v) is 6.12. The molecule has 3 N–H and O–H groups in total. The molecule has 3 atom stereocenters. The molecule has 0 saturated carbocycles. The highest BCUT2D eigenvalue weighted by Gasteiger charge is 2.51. The summed E-state index contributed by atoms with van der Waals surface area (Å²) < 4.78 is 5.18. The lowest BCUT2D eigenvalue weighted by Crippen LogP contribution is -2.50. The molecule has 1 aromatic carbocycles. The third-order valence-corrected chi connectivity index (χ3v) is 4.44. The molecule has 0 radical (unpaired) electrons. The minimum atomic E-state index is -1.31. The SMILES string of the molecule is CCOC(=O)[C@@H]1[C@@H](c2ccccc2)c2c([nH][nH]c2=O)C[C@@]1(C)O. The van der Waals surface area contributed by atoms with Crippen LogP contribution in [0.25, 0.3) is 0 Å². The number of ether oxygens (including phenoxy) is 1. The van der Waals surface area contributed by atoms with Crippen molar-refractivity contribution >= 4 is 5.97 Å². The Balaban J connectivity index is 2.20. The van der Waals surface area contributed by atoms with E-state index in [1.54, 1.807) is 13.8 Å². The van der Waals surface area contributed by atoms with Crippen molar-refractivity contribution in [3.63, 3.8) is 0 Å². The van der Waals surface area contributed by atoms with E-state index >= 15 is 0 Å². The van der Waals surface area contributed by atoms with Gasteiger partial charge in [0, 0.05) is 23.6 Å². The fourth-order valence-corrected chi connectivity index (χ4v) is 3.51. The van der Waals surface area contributed by atoms with Crippen LogP contribution >= 0.6 is 0 Å². The van der Waals surface area contributed by atoms with Gasteiger partial charge in [-0.1, -0.05) is 30.3 Å². The van der Waals surface area contributed by atoms with Crippen molar-refractivity contribution in [3.05, 3.63) is 57.5 Å².